The van der Waals surface area contributed by atoms with E-state index < -0.39 is 141 Å². The van der Waals surface area contributed by atoms with Gasteiger partial charge in [0.05, 0.1) is 60.3 Å². The zero-order chi connectivity index (χ0) is 112. The Hall–Kier alpha value is -8.69. The molecule has 0 saturated carbocycles. The van der Waals surface area contributed by atoms with Crippen LogP contribution in [-0.2, 0) is 73.8 Å². The summed E-state index contributed by atoms with van der Waals surface area (Å²) in [5.74, 6) is -21.0. The number of carboxylic acids is 12. The van der Waals surface area contributed by atoms with Gasteiger partial charge in [0.25, 0.3) is 0 Å². The van der Waals surface area contributed by atoms with Crippen LogP contribution in [0, 0.1) is 0 Å². The molecule has 0 aliphatic rings. The van der Waals surface area contributed by atoms with Crippen molar-refractivity contribution in [3.05, 3.63) is 333 Å². The topological polar surface area (TPSA) is 690 Å². The van der Waals surface area contributed by atoms with Gasteiger partial charge >= 0.3 is 71.6 Å². The van der Waals surface area contributed by atoms with Crippen molar-refractivity contribution >= 4 is 350 Å². The number of halogens is 24. The summed E-state index contributed by atoms with van der Waals surface area (Å²) in [6.07, 6.45) is 0. The Bertz CT molecular complexity index is 5510. The molecule has 0 unspecified atom stereocenters. The minimum Gasteiger partial charge on any atom is -0.505 e. The Morgan fingerprint density at radius 2 is 0.177 bits per heavy atom. The van der Waals surface area contributed by atoms with E-state index in [4.69, 9.17) is 401 Å². The van der Waals surface area contributed by atoms with E-state index in [1.165, 1.54) is 146 Å². The number of aromatic hydroxyl groups is 12. The van der Waals surface area contributed by atoms with Crippen LogP contribution in [-0.4, -0.2) is 194 Å². The monoisotopic (exact) mass is 2790 g/mol. The Balaban J connectivity index is -0.00000154. The minimum absolute atomic E-state index is 0. The number of carboxylic acid groups (broad SMARTS) is 12. The van der Waals surface area contributed by atoms with Gasteiger partial charge in [-0.15, -0.1) is 0 Å². The van der Waals surface area contributed by atoms with Gasteiger partial charge in [-0.1, -0.05) is 278 Å². The van der Waals surface area contributed by atoms with Gasteiger partial charge in [0, 0.05) is 73.8 Å². The number of hydrogen-bond donors (Lipinski definition) is 24. The molecule has 12 rings (SSSR count). The molecule has 147 heavy (non-hydrogen) atoms. The van der Waals surface area contributed by atoms with Gasteiger partial charge in [0.1, 0.15) is 196 Å². The molecule has 0 aromatic heterocycles. The maximum absolute atomic E-state index is 10.4. The molecule has 0 fully saturated rings. The van der Waals surface area contributed by atoms with E-state index in [-0.39, 0.29) is 261 Å². The molecule has 0 saturated heterocycles. The van der Waals surface area contributed by atoms with Crippen molar-refractivity contribution in [2.45, 2.75) is 0 Å². The van der Waals surface area contributed by atoms with Gasteiger partial charge in [0.15, 0.2) is 0 Å². The summed E-state index contributed by atoms with van der Waals surface area (Å²) in [5.41, 5.74) is -3.12. The molecule has 24 N–H and O–H groups in total. The third-order valence-electron chi connectivity index (χ3n) is 15.6. The molecule has 0 aliphatic carbocycles. The molecule has 63 heteroatoms. The quantitative estimate of drug-likeness (QED) is 0.0505. The van der Waals surface area contributed by atoms with Crippen LogP contribution in [0.3, 0.4) is 0 Å². The zero-order valence-corrected chi connectivity index (χ0v) is 95.8. The first kappa shape index (κ1) is 142. The Labute approximate surface area is 994 Å². The molecule has 0 bridgehead atoms. The van der Waals surface area contributed by atoms with Crippen molar-refractivity contribution in [2.75, 3.05) is 0 Å². The second kappa shape index (κ2) is 66.9. The first-order valence-electron chi connectivity index (χ1n) is 35.3. The molecule has 12 aromatic rings. The van der Waals surface area contributed by atoms with Crippen molar-refractivity contribution in [2.24, 2.45) is 0 Å². The molecule has 0 atom stereocenters. The van der Waals surface area contributed by atoms with Crippen LogP contribution < -0.4 is 0 Å². The van der Waals surface area contributed by atoms with Crippen LogP contribution in [0.2, 0.25) is 121 Å². The van der Waals surface area contributed by atoms with E-state index in [2.05, 4.69) is 0 Å². The molecular formula is C84H48Cl24HfO36TiZr. The summed E-state index contributed by atoms with van der Waals surface area (Å²) in [6, 6.07) is 30.0. The molecule has 0 aliphatic heterocycles. The van der Waals surface area contributed by atoms with Crippen molar-refractivity contribution in [1.29, 1.82) is 0 Å². The minimum atomic E-state index is -1.24. The van der Waals surface area contributed by atoms with E-state index in [1.807, 2.05) is 0 Å². The van der Waals surface area contributed by atoms with Gasteiger partial charge in [-0.2, -0.15) is 0 Å². The summed E-state index contributed by atoms with van der Waals surface area (Å²) >= 11 is 132. The Morgan fingerprint density at radius 3 is 0.218 bits per heavy atom. The van der Waals surface area contributed by atoms with Crippen molar-refractivity contribution < 1.29 is 254 Å². The number of rotatable bonds is 12. The van der Waals surface area contributed by atoms with Crippen molar-refractivity contribution in [1.82, 2.24) is 0 Å². The first-order chi connectivity index (χ1) is 66.4. The third-order valence-corrected chi connectivity index (χ3v) is 25.1. The number of hydrogen-bond acceptors (Lipinski definition) is 24. The van der Waals surface area contributed by atoms with E-state index >= 15 is 0 Å². The summed E-state index contributed by atoms with van der Waals surface area (Å²) in [5, 5.41) is 212. The first-order valence-corrected chi connectivity index (χ1v) is 44.4. The summed E-state index contributed by atoms with van der Waals surface area (Å²) < 4.78 is 0. The van der Waals surface area contributed by atoms with E-state index in [0.717, 1.165) is 0 Å². The summed E-state index contributed by atoms with van der Waals surface area (Å²) in [6.45, 7) is 0. The van der Waals surface area contributed by atoms with Crippen LogP contribution in [0.25, 0.3) is 0 Å². The van der Waals surface area contributed by atoms with Crippen LogP contribution >= 0.6 is 278 Å². The van der Waals surface area contributed by atoms with Gasteiger partial charge in [-0.3, -0.25) is 0 Å². The van der Waals surface area contributed by atoms with Gasteiger partial charge in [-0.25, -0.2) is 57.5 Å². The fourth-order valence-corrected chi connectivity index (χ4v) is 12.4. The van der Waals surface area contributed by atoms with Crippen molar-refractivity contribution in [3.8, 4) is 69.0 Å². The summed E-state index contributed by atoms with van der Waals surface area (Å²) in [7, 11) is 0. The largest absolute Gasteiger partial charge is 0.505 e. The maximum Gasteiger partial charge on any atom is 0.339 e. The number of phenols is 12. The van der Waals surface area contributed by atoms with E-state index in [1.54, 1.807) is 0 Å². The molecule has 0 radical (unpaired) electrons. The van der Waals surface area contributed by atoms with Crippen LogP contribution in [0.5, 0.6) is 69.0 Å². The number of carbonyl (C=O) groups is 12. The second-order valence-corrected chi connectivity index (χ2v) is 34.2. The summed E-state index contributed by atoms with van der Waals surface area (Å²) in [4.78, 5) is 125. The molecule has 0 amide bonds. The smallest absolute Gasteiger partial charge is 0.339 e. The molecule has 0 spiro atoms. The van der Waals surface area contributed by atoms with E-state index in [0.29, 0.717) is 0 Å². The molecule has 780 valence electrons. The fraction of sp³-hybridized carbons (Fsp3) is 0. The van der Waals surface area contributed by atoms with Crippen LogP contribution in [0.15, 0.2) is 146 Å². The Kier molecular flexibility index (Phi) is 64.8. The molecule has 0 heterocycles. The number of benzene rings is 12. The van der Waals surface area contributed by atoms with Gasteiger partial charge in [-0.05, 0) is 146 Å². The second-order valence-electron chi connectivity index (χ2n) is 24.8. The third kappa shape index (κ3) is 42.5. The van der Waals surface area contributed by atoms with Crippen LogP contribution in [0.4, 0.5) is 0 Å². The molecular weight excluding hydrogens is 2750 g/mol. The fourth-order valence-electron chi connectivity index (χ4n) is 8.55. The number of aromatic carboxylic acids is 12. The van der Waals surface area contributed by atoms with Crippen LogP contribution in [0.1, 0.15) is 124 Å². The molecule has 12 aromatic carbocycles. The Morgan fingerprint density at radius 1 is 0.129 bits per heavy atom. The predicted molar refractivity (Wildman–Crippen MR) is 541 cm³/mol. The van der Waals surface area contributed by atoms with E-state index in [9.17, 15) is 57.5 Å². The average Bonchev–Trinajstić information content (AvgIpc) is 0.918. The average molecular weight is 2800 g/mol. The zero-order valence-electron chi connectivity index (χ0n) is 70.1. The predicted octanol–water partition coefficient (Wildman–Crippen LogP) is 28.8. The van der Waals surface area contributed by atoms with Crippen molar-refractivity contribution in [3.63, 3.8) is 0 Å². The maximum atomic E-state index is 10.4. The standard InChI is InChI=1S/12C7H4Cl2O3.Hf.Ti.Zr/c12*8-4-2-1-3(7(11)12)6(10)5(4)9;;;/h12*1-2,10H,(H,11,12);;;. The van der Waals surface area contributed by atoms with Gasteiger partial charge in [0.2, 0.25) is 0 Å². The molecule has 36 nitrogen and oxygen atoms in total. The SMILES string of the molecule is O=C(O)c1ccc(Cl)c(Cl)c1O.O=C(O)c1ccc(Cl)c(Cl)c1O.O=C(O)c1ccc(Cl)c(Cl)c1O.O=C(O)c1ccc(Cl)c(Cl)c1O.O=C(O)c1ccc(Cl)c(Cl)c1O.O=C(O)c1ccc(Cl)c(Cl)c1O.O=C(O)c1ccc(Cl)c(Cl)c1O.O=C(O)c1ccc(Cl)c(Cl)c1O.O=C(O)c1ccc(Cl)c(Cl)c1O.O=C(O)c1ccc(Cl)c(Cl)c1O.O=C(O)c1ccc(Cl)c(Cl)c1O.O=C(O)c1ccc(Cl)c(Cl)c1O.[Hf].[Ti].[Zr]. The normalized spacial score (nSPS) is 9.63. The van der Waals surface area contributed by atoms with Gasteiger partial charge < -0.3 is 123 Å².